The molecule has 0 radical (unpaired) electrons. The van der Waals surface area contributed by atoms with Gasteiger partial charge in [0.1, 0.15) is 18.0 Å². The fraction of sp³-hybridized carbons (Fsp3) is 0.583. The Labute approximate surface area is 217 Å². The molecule has 5 fully saturated rings. The Kier molecular flexibility index (Phi) is 4.63. The smallest absolute Gasteiger partial charge is 0.255 e. The van der Waals surface area contributed by atoms with Gasteiger partial charge in [0.25, 0.3) is 5.91 Å². The predicted molar refractivity (Wildman–Crippen MR) is 130 cm³/mol. The Morgan fingerprint density at radius 3 is 2.74 bits per heavy atom. The van der Waals surface area contributed by atoms with Gasteiger partial charge in [-0.15, -0.1) is 0 Å². The number of benzene rings is 1. The maximum absolute atomic E-state index is 13.4. The second-order valence-corrected chi connectivity index (χ2v) is 11.2. The second kappa shape index (κ2) is 7.48. The van der Waals surface area contributed by atoms with Gasteiger partial charge >= 0.3 is 0 Å². The van der Waals surface area contributed by atoms with Crippen LogP contribution in [0.1, 0.15) is 41.6 Å². The molecule has 2 spiro atoms. The standard InChI is InChI=1S/C24H30N8O6/c25-20-29-18-13(8-31-15(33)4-5-16(31)34)27-21(26)32-9-14(24(36,37)23(18,32)30-20)28-19(35)11-2-1-3-12-17(11)38-10-22(12)6-7-22/h1-3,13-15,18,33,36-37H,4-10H2,(H2,26,27)(H,28,35)(H3,25,29,30). The maximum Gasteiger partial charge on any atom is 0.255 e. The topological polar surface area (TPSA) is 206 Å². The number of aliphatic hydroxyl groups excluding tert-OH is 1. The number of ether oxygens (including phenoxy) is 1. The van der Waals surface area contributed by atoms with Crippen molar-refractivity contribution in [2.24, 2.45) is 0 Å². The third kappa shape index (κ3) is 2.93. The van der Waals surface area contributed by atoms with E-state index in [1.807, 2.05) is 6.07 Å². The van der Waals surface area contributed by atoms with Crippen molar-refractivity contribution in [3.05, 3.63) is 29.3 Å². The molecular formula is C24H30N8O6. The van der Waals surface area contributed by atoms with Crippen LogP contribution >= 0.6 is 0 Å². The minimum absolute atomic E-state index is 0.0209. The average Bonchev–Trinajstić information content (AvgIpc) is 3.18. The van der Waals surface area contributed by atoms with E-state index in [9.17, 15) is 24.9 Å². The van der Waals surface area contributed by atoms with E-state index in [2.05, 4.69) is 21.3 Å². The second-order valence-electron chi connectivity index (χ2n) is 11.2. The number of fused-ring (bicyclic) bond motifs is 2. The molecule has 5 aliphatic heterocycles. The van der Waals surface area contributed by atoms with Crippen LogP contribution in [0.15, 0.2) is 18.2 Å². The highest BCUT2D eigenvalue weighted by atomic mass is 16.5. The molecule has 5 atom stereocenters. The molecule has 7 rings (SSSR count). The molecule has 1 aromatic rings. The summed E-state index contributed by atoms with van der Waals surface area (Å²) in [7, 11) is 0. The van der Waals surface area contributed by atoms with E-state index < -0.39 is 41.7 Å². The normalized spacial score (nSPS) is 35.2. The number of carbonyl (C=O) groups is 2. The van der Waals surface area contributed by atoms with Crippen molar-refractivity contribution in [2.45, 2.75) is 66.9 Å². The van der Waals surface area contributed by atoms with Crippen molar-refractivity contribution < 1.29 is 29.6 Å². The Morgan fingerprint density at radius 1 is 1.24 bits per heavy atom. The molecule has 1 aliphatic carbocycles. The maximum atomic E-state index is 13.4. The fourth-order valence-electron chi connectivity index (χ4n) is 6.86. The Morgan fingerprint density at radius 2 is 2.03 bits per heavy atom. The van der Waals surface area contributed by atoms with Crippen LogP contribution in [-0.4, -0.2) is 104 Å². The van der Waals surface area contributed by atoms with Crippen LogP contribution in [0.4, 0.5) is 0 Å². The summed E-state index contributed by atoms with van der Waals surface area (Å²) < 4.78 is 5.89. The molecule has 1 saturated carbocycles. The molecule has 14 nitrogen and oxygen atoms in total. The molecule has 38 heavy (non-hydrogen) atoms. The number of hydrogen-bond donors (Lipinski definition) is 9. The number of aliphatic hydroxyl groups is 3. The summed E-state index contributed by atoms with van der Waals surface area (Å²) in [6.45, 7) is 0.364. The summed E-state index contributed by atoms with van der Waals surface area (Å²) in [6, 6.07) is 2.49. The number of nitrogens with zero attached hydrogens (tertiary/aromatic N) is 2. The van der Waals surface area contributed by atoms with Gasteiger partial charge in [-0.2, -0.15) is 0 Å². The molecule has 202 valence electrons. The summed E-state index contributed by atoms with van der Waals surface area (Å²) in [5, 5.41) is 61.9. The van der Waals surface area contributed by atoms with Gasteiger partial charge in [0.15, 0.2) is 17.6 Å². The zero-order valence-electron chi connectivity index (χ0n) is 20.5. The van der Waals surface area contributed by atoms with Crippen LogP contribution < -0.4 is 26.0 Å². The van der Waals surface area contributed by atoms with Crippen LogP contribution in [0, 0.1) is 10.8 Å². The molecule has 6 aliphatic rings. The Hall–Kier alpha value is -3.62. The van der Waals surface area contributed by atoms with Gasteiger partial charge in [-0.05, 0) is 18.9 Å². The van der Waals surface area contributed by atoms with Gasteiger partial charge in [0.2, 0.25) is 11.7 Å². The average molecular weight is 527 g/mol. The number of rotatable bonds is 4. The molecule has 0 aromatic heterocycles. The third-order valence-electron chi connectivity index (χ3n) is 9.07. The van der Waals surface area contributed by atoms with Gasteiger partial charge in [0.05, 0.1) is 24.3 Å². The van der Waals surface area contributed by atoms with Gasteiger partial charge in [-0.1, -0.05) is 12.1 Å². The third-order valence-corrected chi connectivity index (χ3v) is 9.07. The van der Waals surface area contributed by atoms with E-state index in [1.165, 1.54) is 9.80 Å². The van der Waals surface area contributed by atoms with Gasteiger partial charge in [0, 0.05) is 36.9 Å². The zero-order chi connectivity index (χ0) is 26.6. The highest BCUT2D eigenvalue weighted by Gasteiger charge is 2.74. The number of para-hydroxylation sites is 1. The van der Waals surface area contributed by atoms with Crippen LogP contribution in [0.25, 0.3) is 0 Å². The molecule has 2 amide bonds. The molecular weight excluding hydrogens is 496 g/mol. The van der Waals surface area contributed by atoms with E-state index in [1.54, 1.807) is 12.1 Å². The molecule has 0 bridgehead atoms. The lowest BCUT2D eigenvalue weighted by Crippen LogP contribution is -2.81. The minimum Gasteiger partial charge on any atom is -0.492 e. The van der Waals surface area contributed by atoms with Gasteiger partial charge in [-0.25, -0.2) is 0 Å². The lowest BCUT2D eigenvalue weighted by Gasteiger charge is -2.51. The number of amides is 2. The number of guanidine groups is 2. The summed E-state index contributed by atoms with van der Waals surface area (Å²) in [6.07, 6.45) is 1.52. The molecule has 5 heterocycles. The SMILES string of the molecule is N=C1NC2C(CN3C(=O)CCC3O)NC(=N)N3CC(NC(=O)c4cccc5c4OCC54CC4)C(O)(O)C23N1. The monoisotopic (exact) mass is 526 g/mol. The summed E-state index contributed by atoms with van der Waals surface area (Å²) >= 11 is 0. The van der Waals surface area contributed by atoms with Crippen molar-refractivity contribution in [3.8, 4) is 5.75 Å². The Balaban J connectivity index is 1.19. The number of hydrogen-bond acceptors (Lipinski definition) is 8. The van der Waals surface area contributed by atoms with E-state index in [0.717, 1.165) is 18.4 Å². The highest BCUT2D eigenvalue weighted by molar-refractivity contribution is 5.98. The van der Waals surface area contributed by atoms with E-state index in [0.29, 0.717) is 24.3 Å². The quantitative estimate of drug-likeness (QED) is 0.185. The van der Waals surface area contributed by atoms with Crippen molar-refractivity contribution in [1.29, 1.82) is 10.8 Å². The van der Waals surface area contributed by atoms with Crippen LogP contribution in [0.5, 0.6) is 5.75 Å². The van der Waals surface area contributed by atoms with Crippen LogP contribution in [0.2, 0.25) is 0 Å². The Bertz CT molecular complexity index is 1280. The molecule has 1 aromatic carbocycles. The van der Waals surface area contributed by atoms with Crippen molar-refractivity contribution in [1.82, 2.24) is 31.1 Å². The first-order valence-electron chi connectivity index (χ1n) is 12.8. The summed E-state index contributed by atoms with van der Waals surface area (Å²) in [4.78, 5) is 28.4. The van der Waals surface area contributed by atoms with Crippen LogP contribution in [0.3, 0.4) is 0 Å². The summed E-state index contributed by atoms with van der Waals surface area (Å²) in [5.41, 5.74) is -0.521. The lowest BCUT2D eigenvalue weighted by atomic mass is 9.84. The fourth-order valence-corrected chi connectivity index (χ4v) is 6.86. The lowest BCUT2D eigenvalue weighted by molar-refractivity contribution is -0.232. The van der Waals surface area contributed by atoms with Gasteiger partial charge in [-0.3, -0.25) is 20.4 Å². The summed E-state index contributed by atoms with van der Waals surface area (Å²) in [5.74, 6) is -3.27. The predicted octanol–water partition coefficient (Wildman–Crippen LogP) is -2.75. The van der Waals surface area contributed by atoms with Crippen molar-refractivity contribution in [3.63, 3.8) is 0 Å². The van der Waals surface area contributed by atoms with Crippen LogP contribution in [-0.2, 0) is 10.2 Å². The number of likely N-dealkylation sites (tertiary alicyclic amines) is 1. The van der Waals surface area contributed by atoms with E-state index in [-0.39, 0.29) is 42.8 Å². The first kappa shape index (κ1) is 23.5. The molecule has 4 saturated heterocycles. The minimum atomic E-state index is -2.64. The first-order chi connectivity index (χ1) is 18.1. The molecule has 14 heteroatoms. The van der Waals surface area contributed by atoms with E-state index in [4.69, 9.17) is 15.6 Å². The first-order valence-corrected chi connectivity index (χ1v) is 12.8. The van der Waals surface area contributed by atoms with E-state index >= 15 is 0 Å². The number of carbonyl (C=O) groups excluding carboxylic acids is 2. The van der Waals surface area contributed by atoms with Gasteiger partial charge < -0.3 is 51.1 Å². The molecule has 5 unspecified atom stereocenters. The largest absolute Gasteiger partial charge is 0.492 e. The van der Waals surface area contributed by atoms with Crippen molar-refractivity contribution in [2.75, 3.05) is 19.7 Å². The zero-order valence-corrected chi connectivity index (χ0v) is 20.5. The molecule has 9 N–H and O–H groups in total. The van der Waals surface area contributed by atoms with Crippen molar-refractivity contribution >= 4 is 23.7 Å². The number of nitrogens with one attached hydrogen (secondary N) is 6. The highest BCUT2D eigenvalue weighted by Crippen LogP contribution is 2.56.